The van der Waals surface area contributed by atoms with Crippen LogP contribution in [0, 0.1) is 13.8 Å². The van der Waals surface area contributed by atoms with Gasteiger partial charge in [-0.2, -0.15) is 0 Å². The zero-order valence-corrected chi connectivity index (χ0v) is 29.3. The van der Waals surface area contributed by atoms with Crippen LogP contribution in [0.15, 0.2) is 108 Å². The number of hydrogen-bond acceptors (Lipinski definition) is 4. The predicted octanol–water partition coefficient (Wildman–Crippen LogP) is 7.18. The molecule has 0 aliphatic heterocycles. The highest BCUT2D eigenvalue weighted by atomic mass is 32.2. The van der Waals surface area contributed by atoms with Gasteiger partial charge in [0, 0.05) is 18.5 Å². The minimum absolute atomic E-state index is 0.0835. The molecule has 0 radical (unpaired) electrons. The molecule has 4 aromatic rings. The molecule has 1 N–H and O–H groups in total. The van der Waals surface area contributed by atoms with Gasteiger partial charge < -0.3 is 10.2 Å². The normalized spacial score (nSPS) is 12.4. The van der Waals surface area contributed by atoms with Gasteiger partial charge in [-0.05, 0) is 81.5 Å². The summed E-state index contributed by atoms with van der Waals surface area (Å²) in [7, 11) is -4.16. The van der Waals surface area contributed by atoms with E-state index >= 15 is 0 Å². The third-order valence-electron chi connectivity index (χ3n) is 7.98. The third-order valence-corrected chi connectivity index (χ3v) is 9.77. The Morgan fingerprint density at radius 3 is 1.83 bits per heavy atom. The van der Waals surface area contributed by atoms with Crippen molar-refractivity contribution >= 4 is 27.5 Å². The highest BCUT2D eigenvalue weighted by Gasteiger charge is 2.35. The first-order valence-corrected chi connectivity index (χ1v) is 17.5. The van der Waals surface area contributed by atoms with Crippen molar-refractivity contribution in [2.75, 3.05) is 10.8 Å². The van der Waals surface area contributed by atoms with Crippen molar-refractivity contribution in [3.05, 3.63) is 131 Å². The van der Waals surface area contributed by atoms with Crippen LogP contribution in [0.25, 0.3) is 0 Å². The Kier molecular flexibility index (Phi) is 11.3. The van der Waals surface area contributed by atoms with Crippen LogP contribution in [0.2, 0.25) is 0 Å². The van der Waals surface area contributed by atoms with E-state index in [9.17, 15) is 18.0 Å². The fourth-order valence-corrected chi connectivity index (χ4v) is 6.70. The minimum Gasteiger partial charge on any atom is -0.350 e. The van der Waals surface area contributed by atoms with Gasteiger partial charge >= 0.3 is 0 Å². The second-order valence-corrected chi connectivity index (χ2v) is 15.4. The van der Waals surface area contributed by atoms with Gasteiger partial charge in [0.2, 0.25) is 11.8 Å². The quantitative estimate of drug-likeness (QED) is 0.176. The lowest BCUT2D eigenvalue weighted by atomic mass is 10.0. The second-order valence-electron chi connectivity index (χ2n) is 13.5. The molecule has 0 unspecified atom stereocenters. The first-order chi connectivity index (χ1) is 22.1. The van der Waals surface area contributed by atoms with Gasteiger partial charge in [-0.3, -0.25) is 13.9 Å². The smallest absolute Gasteiger partial charge is 0.264 e. The fourth-order valence-electron chi connectivity index (χ4n) is 5.29. The van der Waals surface area contributed by atoms with E-state index in [0.29, 0.717) is 5.69 Å². The molecule has 0 aliphatic carbocycles. The van der Waals surface area contributed by atoms with E-state index in [4.69, 9.17) is 0 Å². The van der Waals surface area contributed by atoms with Gasteiger partial charge in [0.1, 0.15) is 12.6 Å². The molecular formula is C39H47N3O4S. The highest BCUT2D eigenvalue weighted by molar-refractivity contribution is 7.92. The summed E-state index contributed by atoms with van der Waals surface area (Å²) in [6.45, 7) is 13.3. The van der Waals surface area contributed by atoms with Crippen molar-refractivity contribution in [2.45, 2.75) is 83.8 Å². The fraction of sp³-hybridized carbons (Fsp3) is 0.333. The largest absolute Gasteiger partial charge is 0.350 e. The molecule has 1 atom stereocenters. The monoisotopic (exact) mass is 653 g/mol. The van der Waals surface area contributed by atoms with Crippen LogP contribution in [-0.2, 0) is 32.6 Å². The number of carbonyl (C=O) groups is 2. The second kappa shape index (κ2) is 15.0. The molecule has 0 fully saturated rings. The molecule has 2 amide bonds. The number of benzene rings is 4. The average molecular weight is 654 g/mol. The molecule has 0 heterocycles. The van der Waals surface area contributed by atoms with Gasteiger partial charge in [-0.1, -0.05) is 104 Å². The Hall–Kier alpha value is -4.43. The van der Waals surface area contributed by atoms with Gasteiger partial charge in [0.25, 0.3) is 10.0 Å². The molecule has 8 heteroatoms. The number of hydrogen-bond donors (Lipinski definition) is 1. The van der Waals surface area contributed by atoms with Crippen LogP contribution in [0.1, 0.15) is 68.4 Å². The van der Waals surface area contributed by atoms with Crippen molar-refractivity contribution in [3.8, 4) is 0 Å². The Morgan fingerprint density at radius 1 is 0.745 bits per heavy atom. The standard InChI is InChI=1S/C39H47N3O4S/c1-28(2)33-19-21-34(22-20-33)42(47(45,46)35-23-15-30(4)16-24-35)27-37(43)41(26-32-17-13-29(3)14-18-32)36(38(44)40-39(5,6)7)25-31-11-9-8-10-12-31/h8-24,28,36H,25-27H2,1-7H3,(H,40,44)/t36-/m0/s1. The molecule has 4 rings (SSSR count). The summed E-state index contributed by atoms with van der Waals surface area (Å²) in [6.07, 6.45) is 0.258. The van der Waals surface area contributed by atoms with Crippen molar-refractivity contribution in [1.29, 1.82) is 0 Å². The lowest BCUT2D eigenvalue weighted by Gasteiger charge is -2.35. The molecule has 47 heavy (non-hydrogen) atoms. The van der Waals surface area contributed by atoms with Crippen LogP contribution in [0.5, 0.6) is 0 Å². The van der Waals surface area contributed by atoms with Gasteiger partial charge in [-0.15, -0.1) is 0 Å². The SMILES string of the molecule is Cc1ccc(CN(C(=O)CN(c2ccc(C(C)C)cc2)S(=O)(=O)c2ccc(C)cc2)[C@@H](Cc2ccccc2)C(=O)NC(C)(C)C)cc1. The molecule has 7 nitrogen and oxygen atoms in total. The van der Waals surface area contributed by atoms with Crippen LogP contribution >= 0.6 is 0 Å². The zero-order chi connectivity index (χ0) is 34.4. The summed E-state index contributed by atoms with van der Waals surface area (Å²) >= 11 is 0. The topological polar surface area (TPSA) is 86.8 Å². The first-order valence-electron chi connectivity index (χ1n) is 16.0. The Labute approximate surface area is 280 Å². The predicted molar refractivity (Wildman–Crippen MR) is 190 cm³/mol. The number of anilines is 1. The summed E-state index contributed by atoms with van der Waals surface area (Å²) in [4.78, 5) is 30.3. The van der Waals surface area contributed by atoms with Gasteiger partial charge in [-0.25, -0.2) is 8.42 Å². The van der Waals surface area contributed by atoms with Crippen LogP contribution in [0.4, 0.5) is 5.69 Å². The molecule has 0 aliphatic rings. The maximum absolute atomic E-state index is 14.6. The highest BCUT2D eigenvalue weighted by Crippen LogP contribution is 2.27. The number of carbonyl (C=O) groups excluding carboxylic acids is 2. The maximum Gasteiger partial charge on any atom is 0.264 e. The number of aryl methyl sites for hydroxylation is 2. The Bertz CT molecular complexity index is 1740. The van der Waals surface area contributed by atoms with Crippen LogP contribution in [-0.4, -0.2) is 43.3 Å². The van der Waals surface area contributed by atoms with Crippen LogP contribution in [0.3, 0.4) is 0 Å². The van der Waals surface area contributed by atoms with E-state index in [1.165, 1.54) is 4.90 Å². The van der Waals surface area contributed by atoms with Gasteiger partial charge in [0.05, 0.1) is 10.6 Å². The van der Waals surface area contributed by atoms with E-state index in [1.54, 1.807) is 36.4 Å². The minimum atomic E-state index is -4.16. The molecule has 4 aromatic carbocycles. The average Bonchev–Trinajstić information content (AvgIpc) is 3.02. The van der Waals surface area contributed by atoms with Crippen molar-refractivity contribution in [3.63, 3.8) is 0 Å². The number of nitrogens with one attached hydrogen (secondary N) is 1. The number of sulfonamides is 1. The van der Waals surface area contributed by atoms with Crippen molar-refractivity contribution in [2.24, 2.45) is 0 Å². The van der Waals surface area contributed by atoms with Crippen molar-refractivity contribution < 1.29 is 18.0 Å². The molecule has 248 valence electrons. The summed E-state index contributed by atoms with van der Waals surface area (Å²) in [5, 5.41) is 3.07. The molecule has 0 spiro atoms. The number of rotatable bonds is 12. The Balaban J connectivity index is 1.82. The van der Waals surface area contributed by atoms with E-state index in [1.807, 2.05) is 101 Å². The molecule has 0 saturated carbocycles. The van der Waals surface area contributed by atoms with E-state index in [-0.39, 0.29) is 29.7 Å². The van der Waals surface area contributed by atoms with Gasteiger partial charge in [0.15, 0.2) is 0 Å². The lowest BCUT2D eigenvalue weighted by Crippen LogP contribution is -2.56. The molecule has 0 aromatic heterocycles. The summed E-state index contributed by atoms with van der Waals surface area (Å²) in [6, 6.07) is 30.3. The number of nitrogens with zero attached hydrogens (tertiary/aromatic N) is 2. The van der Waals surface area contributed by atoms with E-state index in [2.05, 4.69) is 19.2 Å². The molecule has 0 bridgehead atoms. The lowest BCUT2D eigenvalue weighted by molar-refractivity contribution is -0.140. The van der Waals surface area contributed by atoms with Crippen LogP contribution < -0.4 is 9.62 Å². The first kappa shape index (κ1) is 35.4. The zero-order valence-electron chi connectivity index (χ0n) is 28.5. The third kappa shape index (κ3) is 9.55. The number of amides is 2. The maximum atomic E-state index is 14.6. The molecular weight excluding hydrogens is 607 g/mol. The Morgan fingerprint density at radius 2 is 1.30 bits per heavy atom. The summed E-state index contributed by atoms with van der Waals surface area (Å²) in [5.74, 6) is -0.548. The van der Waals surface area contributed by atoms with Crippen molar-refractivity contribution in [1.82, 2.24) is 10.2 Å². The summed E-state index contributed by atoms with van der Waals surface area (Å²) < 4.78 is 29.7. The van der Waals surface area contributed by atoms with E-state index in [0.717, 1.165) is 32.1 Å². The van der Waals surface area contributed by atoms with E-state index < -0.39 is 34.1 Å². The molecule has 0 saturated heterocycles. The summed E-state index contributed by atoms with van der Waals surface area (Å²) in [5.41, 5.74) is 4.58.